The van der Waals surface area contributed by atoms with Crippen molar-refractivity contribution in [3.63, 3.8) is 0 Å². The second-order valence-corrected chi connectivity index (χ2v) is 4.93. The number of hydrogen-bond donors (Lipinski definition) is 1. The molecule has 3 nitrogen and oxygen atoms in total. The van der Waals surface area contributed by atoms with Crippen LogP contribution in [-0.2, 0) is 16.0 Å². The van der Waals surface area contributed by atoms with Crippen molar-refractivity contribution in [2.24, 2.45) is 11.7 Å². The van der Waals surface area contributed by atoms with Crippen LogP contribution in [0.5, 0.6) is 0 Å². The van der Waals surface area contributed by atoms with Gasteiger partial charge in [0.15, 0.2) is 0 Å². The molecule has 2 N–H and O–H groups in total. The molecule has 0 radical (unpaired) electrons. The van der Waals surface area contributed by atoms with Gasteiger partial charge in [-0.05, 0) is 17.9 Å². The van der Waals surface area contributed by atoms with Crippen molar-refractivity contribution >= 4 is 17.3 Å². The molecule has 18 heavy (non-hydrogen) atoms. The third-order valence-corrected chi connectivity index (χ3v) is 3.39. The SMILES string of the molecule is COC(=O)C(Cc1cccs1)C(N)CC(F)(F)F. The summed E-state index contributed by atoms with van der Waals surface area (Å²) in [7, 11) is 1.14. The maximum Gasteiger partial charge on any atom is 0.390 e. The summed E-state index contributed by atoms with van der Waals surface area (Å²) in [6.45, 7) is 0. The summed E-state index contributed by atoms with van der Waals surface area (Å²) in [5, 5.41) is 1.79. The molecule has 1 heterocycles. The van der Waals surface area contributed by atoms with Gasteiger partial charge in [-0.25, -0.2) is 0 Å². The number of carbonyl (C=O) groups is 1. The lowest BCUT2D eigenvalue weighted by molar-refractivity contribution is -0.153. The van der Waals surface area contributed by atoms with E-state index in [4.69, 9.17) is 5.73 Å². The van der Waals surface area contributed by atoms with Crippen LogP contribution in [0, 0.1) is 5.92 Å². The third-order valence-electron chi connectivity index (χ3n) is 2.49. The number of nitrogens with two attached hydrogens (primary N) is 1. The van der Waals surface area contributed by atoms with Crippen LogP contribution >= 0.6 is 11.3 Å². The molecular formula is C11H14F3NO2S. The molecule has 1 rings (SSSR count). The number of hydrogen-bond acceptors (Lipinski definition) is 4. The normalized spacial score (nSPS) is 15.2. The number of carbonyl (C=O) groups excluding carboxylic acids is 1. The van der Waals surface area contributed by atoms with Crippen molar-refractivity contribution in [3.05, 3.63) is 22.4 Å². The van der Waals surface area contributed by atoms with E-state index in [9.17, 15) is 18.0 Å². The van der Waals surface area contributed by atoms with Crippen molar-refractivity contribution in [2.45, 2.75) is 25.1 Å². The Kier molecular flexibility index (Phi) is 5.15. The summed E-state index contributed by atoms with van der Waals surface area (Å²) in [6.07, 6.45) is -5.42. The topological polar surface area (TPSA) is 52.3 Å². The minimum atomic E-state index is -4.39. The highest BCUT2D eigenvalue weighted by Gasteiger charge is 2.37. The molecule has 0 fully saturated rings. The minimum absolute atomic E-state index is 0.168. The molecule has 102 valence electrons. The Balaban J connectivity index is 2.75. The lowest BCUT2D eigenvalue weighted by Gasteiger charge is -2.22. The molecule has 2 atom stereocenters. The first-order chi connectivity index (χ1) is 8.33. The molecular weight excluding hydrogens is 267 g/mol. The summed E-state index contributed by atoms with van der Waals surface area (Å²) in [5.41, 5.74) is 5.48. The molecule has 0 bridgehead atoms. The van der Waals surface area contributed by atoms with E-state index in [1.807, 2.05) is 0 Å². The Morgan fingerprint density at radius 3 is 2.67 bits per heavy atom. The van der Waals surface area contributed by atoms with Crippen LogP contribution in [0.15, 0.2) is 17.5 Å². The molecule has 0 aliphatic rings. The fraction of sp³-hybridized carbons (Fsp3) is 0.545. The highest BCUT2D eigenvalue weighted by molar-refractivity contribution is 7.09. The first-order valence-electron chi connectivity index (χ1n) is 5.26. The van der Waals surface area contributed by atoms with Crippen LogP contribution in [0.1, 0.15) is 11.3 Å². The van der Waals surface area contributed by atoms with Crippen LogP contribution in [-0.4, -0.2) is 25.3 Å². The van der Waals surface area contributed by atoms with E-state index < -0.39 is 30.5 Å². The summed E-state index contributed by atoms with van der Waals surface area (Å²) in [4.78, 5) is 12.3. The van der Waals surface area contributed by atoms with E-state index >= 15 is 0 Å². The maximum absolute atomic E-state index is 12.3. The average Bonchev–Trinajstić information content (AvgIpc) is 2.75. The fourth-order valence-corrected chi connectivity index (χ4v) is 2.38. The van der Waals surface area contributed by atoms with Crippen LogP contribution in [0.25, 0.3) is 0 Å². The number of methoxy groups -OCH3 is 1. The number of halogens is 3. The van der Waals surface area contributed by atoms with Crippen molar-refractivity contribution in [3.8, 4) is 0 Å². The largest absolute Gasteiger partial charge is 0.469 e. The Hall–Kier alpha value is -1.08. The van der Waals surface area contributed by atoms with Gasteiger partial charge in [-0.2, -0.15) is 13.2 Å². The number of ether oxygens (including phenoxy) is 1. The molecule has 1 aromatic heterocycles. The number of esters is 1. The van der Waals surface area contributed by atoms with Gasteiger partial charge < -0.3 is 10.5 Å². The Morgan fingerprint density at radius 1 is 1.56 bits per heavy atom. The molecule has 2 unspecified atom stereocenters. The molecule has 0 amide bonds. The molecule has 0 aromatic carbocycles. The zero-order valence-corrected chi connectivity index (χ0v) is 10.6. The minimum Gasteiger partial charge on any atom is -0.469 e. The predicted octanol–water partition coefficient (Wildman–Crippen LogP) is 2.36. The fourth-order valence-electron chi connectivity index (χ4n) is 1.62. The highest BCUT2D eigenvalue weighted by atomic mass is 32.1. The number of thiophene rings is 1. The zero-order chi connectivity index (χ0) is 13.8. The predicted molar refractivity (Wildman–Crippen MR) is 62.2 cm³/mol. The Bertz CT molecular complexity index is 378. The van der Waals surface area contributed by atoms with E-state index in [0.29, 0.717) is 0 Å². The first kappa shape index (κ1) is 15.0. The van der Waals surface area contributed by atoms with E-state index in [-0.39, 0.29) is 6.42 Å². The van der Waals surface area contributed by atoms with Gasteiger partial charge in [-0.3, -0.25) is 4.79 Å². The second-order valence-electron chi connectivity index (χ2n) is 3.90. The van der Waals surface area contributed by atoms with Crippen molar-refractivity contribution in [2.75, 3.05) is 7.11 Å². The molecule has 1 aromatic rings. The van der Waals surface area contributed by atoms with E-state index in [1.54, 1.807) is 17.5 Å². The average molecular weight is 281 g/mol. The third kappa shape index (κ3) is 4.66. The van der Waals surface area contributed by atoms with Gasteiger partial charge >= 0.3 is 12.1 Å². The quantitative estimate of drug-likeness (QED) is 0.843. The van der Waals surface area contributed by atoms with Gasteiger partial charge in [0, 0.05) is 10.9 Å². The van der Waals surface area contributed by atoms with Crippen LogP contribution in [0.2, 0.25) is 0 Å². The highest BCUT2D eigenvalue weighted by Crippen LogP contribution is 2.26. The van der Waals surface area contributed by atoms with Crippen molar-refractivity contribution < 1.29 is 22.7 Å². The number of rotatable bonds is 5. The van der Waals surface area contributed by atoms with Gasteiger partial charge in [0.2, 0.25) is 0 Å². The molecule has 0 aliphatic carbocycles. The first-order valence-corrected chi connectivity index (χ1v) is 6.14. The van der Waals surface area contributed by atoms with Gasteiger partial charge in [0.25, 0.3) is 0 Å². The van der Waals surface area contributed by atoms with Gasteiger partial charge in [-0.1, -0.05) is 6.07 Å². The molecule has 0 aliphatic heterocycles. The summed E-state index contributed by atoms with van der Waals surface area (Å²) in [5.74, 6) is -1.68. The maximum atomic E-state index is 12.3. The van der Waals surface area contributed by atoms with Crippen molar-refractivity contribution in [1.82, 2.24) is 0 Å². The number of alkyl halides is 3. The Morgan fingerprint density at radius 2 is 2.22 bits per heavy atom. The molecule has 0 spiro atoms. The summed E-state index contributed by atoms with van der Waals surface area (Å²) in [6, 6.07) is 2.23. The van der Waals surface area contributed by atoms with E-state index in [1.165, 1.54) is 11.3 Å². The second kappa shape index (κ2) is 6.19. The van der Waals surface area contributed by atoms with Crippen LogP contribution in [0.4, 0.5) is 13.2 Å². The molecule has 0 saturated carbocycles. The smallest absolute Gasteiger partial charge is 0.390 e. The summed E-state index contributed by atoms with van der Waals surface area (Å²) < 4.78 is 41.4. The van der Waals surface area contributed by atoms with Crippen LogP contribution < -0.4 is 5.73 Å². The van der Waals surface area contributed by atoms with Crippen LogP contribution in [0.3, 0.4) is 0 Å². The molecule has 0 saturated heterocycles. The van der Waals surface area contributed by atoms with Gasteiger partial charge in [-0.15, -0.1) is 11.3 Å². The van der Waals surface area contributed by atoms with Gasteiger partial charge in [0.05, 0.1) is 19.4 Å². The lowest BCUT2D eigenvalue weighted by atomic mass is 9.93. The zero-order valence-electron chi connectivity index (χ0n) is 9.74. The monoisotopic (exact) mass is 281 g/mol. The van der Waals surface area contributed by atoms with Gasteiger partial charge in [0.1, 0.15) is 0 Å². The summed E-state index contributed by atoms with van der Waals surface area (Å²) >= 11 is 1.37. The standard InChI is InChI=1S/C11H14F3NO2S/c1-17-10(16)8(5-7-3-2-4-18-7)9(15)6-11(12,13)14/h2-4,8-9H,5-6,15H2,1H3. The molecule has 7 heteroatoms. The van der Waals surface area contributed by atoms with E-state index in [0.717, 1.165) is 12.0 Å². The van der Waals surface area contributed by atoms with Crippen molar-refractivity contribution in [1.29, 1.82) is 0 Å². The lowest BCUT2D eigenvalue weighted by Crippen LogP contribution is -2.40. The Labute approximate surface area is 107 Å². The van der Waals surface area contributed by atoms with E-state index in [2.05, 4.69) is 4.74 Å².